The van der Waals surface area contributed by atoms with E-state index in [1.165, 1.54) is 32.1 Å². The Morgan fingerprint density at radius 3 is 2.04 bits per heavy atom. The van der Waals surface area contributed by atoms with Crippen molar-refractivity contribution in [2.45, 2.75) is 45.1 Å². The lowest BCUT2D eigenvalue weighted by molar-refractivity contribution is -0.118. The summed E-state index contributed by atoms with van der Waals surface area (Å²) in [6.07, 6.45) is 6.16. The fourth-order valence-corrected chi connectivity index (χ4v) is 2.77. The number of benzene rings is 1. The summed E-state index contributed by atoms with van der Waals surface area (Å²) in [5, 5.41) is 5.63. The van der Waals surface area contributed by atoms with Gasteiger partial charge in [0, 0.05) is 11.4 Å². The van der Waals surface area contributed by atoms with E-state index in [-0.39, 0.29) is 11.8 Å². The van der Waals surface area contributed by atoms with Crippen molar-refractivity contribution in [2.24, 2.45) is 5.73 Å². The van der Waals surface area contributed by atoms with Crippen LogP contribution < -0.4 is 16.4 Å². The Morgan fingerprint density at radius 1 is 1.00 bits per heavy atom. The molecule has 0 unspecified atom stereocenters. The number of amides is 2. The quantitative estimate of drug-likeness (QED) is 0.771. The molecule has 1 aliphatic heterocycles. The second-order valence-electron chi connectivity index (χ2n) is 6.45. The number of likely N-dealkylation sites (tertiary alicyclic amines) is 1. The van der Waals surface area contributed by atoms with Crippen LogP contribution in [0.1, 0.15) is 39.0 Å². The maximum atomic E-state index is 12.2. The molecule has 0 bridgehead atoms. The highest BCUT2D eigenvalue weighted by Gasteiger charge is 2.12. The first-order chi connectivity index (χ1) is 11.5. The summed E-state index contributed by atoms with van der Waals surface area (Å²) < 4.78 is 0. The van der Waals surface area contributed by atoms with Crippen LogP contribution >= 0.6 is 0 Å². The predicted octanol–water partition coefficient (Wildman–Crippen LogP) is 2.18. The molecule has 1 aromatic carbocycles. The molecule has 0 aromatic heterocycles. The molecule has 1 fully saturated rings. The molecule has 2 rings (SSSR count). The molecular weight excluding hydrogens is 304 g/mol. The highest BCUT2D eigenvalue weighted by Crippen LogP contribution is 2.14. The minimum atomic E-state index is -0.554. The van der Waals surface area contributed by atoms with E-state index < -0.39 is 6.04 Å². The molecule has 1 saturated heterocycles. The number of nitrogens with zero attached hydrogens (tertiary/aromatic N) is 1. The van der Waals surface area contributed by atoms with E-state index in [9.17, 15) is 9.59 Å². The zero-order chi connectivity index (χ0) is 17.4. The van der Waals surface area contributed by atoms with Crippen molar-refractivity contribution < 1.29 is 9.59 Å². The number of nitrogens with two attached hydrogens (primary N) is 1. The lowest BCUT2D eigenvalue weighted by atomic mass is 10.1. The van der Waals surface area contributed by atoms with Crippen molar-refractivity contribution in [2.75, 3.05) is 30.3 Å². The van der Waals surface area contributed by atoms with Gasteiger partial charge in [0.25, 0.3) is 0 Å². The topological polar surface area (TPSA) is 87.5 Å². The van der Waals surface area contributed by atoms with Crippen LogP contribution in [0.3, 0.4) is 0 Å². The molecule has 1 atom stereocenters. The first-order valence-corrected chi connectivity index (χ1v) is 8.73. The van der Waals surface area contributed by atoms with E-state index >= 15 is 0 Å². The lowest BCUT2D eigenvalue weighted by Crippen LogP contribution is -2.35. The predicted molar refractivity (Wildman–Crippen MR) is 96.9 cm³/mol. The second kappa shape index (κ2) is 9.39. The van der Waals surface area contributed by atoms with Crippen LogP contribution in [0.15, 0.2) is 24.3 Å². The van der Waals surface area contributed by atoms with E-state index in [1.54, 1.807) is 31.2 Å². The van der Waals surface area contributed by atoms with E-state index in [1.807, 2.05) is 0 Å². The van der Waals surface area contributed by atoms with Crippen LogP contribution in [-0.4, -0.2) is 42.4 Å². The molecule has 0 radical (unpaired) electrons. The minimum absolute atomic E-state index is 0.00272. The number of carbonyl (C=O) groups is 2. The number of rotatable bonds is 5. The summed E-state index contributed by atoms with van der Waals surface area (Å²) in [7, 11) is 0. The van der Waals surface area contributed by atoms with E-state index in [2.05, 4.69) is 15.5 Å². The smallest absolute Gasteiger partial charge is 0.240 e. The van der Waals surface area contributed by atoms with Crippen LogP contribution in [0.5, 0.6) is 0 Å². The summed E-state index contributed by atoms with van der Waals surface area (Å²) in [6.45, 7) is 4.06. The van der Waals surface area contributed by atoms with Gasteiger partial charge in [0.05, 0.1) is 12.6 Å². The standard InChI is InChI=1S/C18H28N4O2/c1-14(19)18(24)21-16-9-7-15(8-10-16)20-17(23)13-22-11-5-3-2-4-6-12-22/h7-10,14H,2-6,11-13,19H2,1H3,(H,20,23)(H,21,24)/t14-/m1/s1. The maximum absolute atomic E-state index is 12.2. The molecule has 1 heterocycles. The van der Waals surface area contributed by atoms with Gasteiger partial charge in [-0.1, -0.05) is 19.3 Å². The summed E-state index contributed by atoms with van der Waals surface area (Å²) in [5.74, 6) is -0.230. The number of anilines is 2. The molecular formula is C18H28N4O2. The van der Waals surface area contributed by atoms with Gasteiger partial charge in [-0.15, -0.1) is 0 Å². The van der Waals surface area contributed by atoms with E-state index in [0.29, 0.717) is 12.2 Å². The van der Waals surface area contributed by atoms with Gasteiger partial charge >= 0.3 is 0 Å². The molecule has 4 N–H and O–H groups in total. The van der Waals surface area contributed by atoms with Gasteiger partial charge < -0.3 is 16.4 Å². The van der Waals surface area contributed by atoms with Crippen LogP contribution in [0.25, 0.3) is 0 Å². The molecule has 24 heavy (non-hydrogen) atoms. The van der Waals surface area contributed by atoms with Gasteiger partial charge in [-0.05, 0) is 57.1 Å². The molecule has 1 aromatic rings. The highest BCUT2D eigenvalue weighted by molar-refractivity contribution is 5.95. The van der Waals surface area contributed by atoms with Crippen molar-refractivity contribution in [3.05, 3.63) is 24.3 Å². The van der Waals surface area contributed by atoms with E-state index in [4.69, 9.17) is 5.73 Å². The van der Waals surface area contributed by atoms with Gasteiger partial charge in [0.2, 0.25) is 11.8 Å². The normalized spacial score (nSPS) is 17.4. The molecule has 1 aliphatic rings. The average molecular weight is 332 g/mol. The number of nitrogens with one attached hydrogen (secondary N) is 2. The second-order valence-corrected chi connectivity index (χ2v) is 6.45. The zero-order valence-corrected chi connectivity index (χ0v) is 14.4. The Kier molecular flexibility index (Phi) is 7.21. The van der Waals surface area contributed by atoms with Crippen LogP contribution in [-0.2, 0) is 9.59 Å². The van der Waals surface area contributed by atoms with Crippen LogP contribution in [0.4, 0.5) is 11.4 Å². The number of carbonyl (C=O) groups excluding carboxylic acids is 2. The molecule has 6 heteroatoms. The van der Waals surface area contributed by atoms with Gasteiger partial charge in [0.1, 0.15) is 0 Å². The molecule has 0 saturated carbocycles. The first-order valence-electron chi connectivity index (χ1n) is 8.73. The third kappa shape index (κ3) is 6.29. The Labute approximate surface area is 143 Å². The van der Waals surface area contributed by atoms with Crippen molar-refractivity contribution in [3.63, 3.8) is 0 Å². The van der Waals surface area contributed by atoms with Gasteiger partial charge in [0.15, 0.2) is 0 Å². The number of hydrogen-bond acceptors (Lipinski definition) is 4. The van der Waals surface area contributed by atoms with Gasteiger partial charge in [-0.2, -0.15) is 0 Å². The zero-order valence-electron chi connectivity index (χ0n) is 14.4. The van der Waals surface area contributed by atoms with Crippen LogP contribution in [0, 0.1) is 0 Å². The lowest BCUT2D eigenvalue weighted by Gasteiger charge is -2.23. The van der Waals surface area contributed by atoms with Gasteiger partial charge in [-0.25, -0.2) is 0 Å². The monoisotopic (exact) mass is 332 g/mol. The Morgan fingerprint density at radius 2 is 1.50 bits per heavy atom. The van der Waals surface area contributed by atoms with Crippen LogP contribution in [0.2, 0.25) is 0 Å². The van der Waals surface area contributed by atoms with Crippen molar-refractivity contribution >= 4 is 23.2 Å². The average Bonchev–Trinajstić information content (AvgIpc) is 2.51. The summed E-state index contributed by atoms with van der Waals surface area (Å²) in [5.41, 5.74) is 6.91. The van der Waals surface area contributed by atoms with E-state index in [0.717, 1.165) is 18.8 Å². The Bertz CT molecular complexity index is 534. The third-order valence-corrected chi connectivity index (χ3v) is 4.17. The summed E-state index contributed by atoms with van der Waals surface area (Å²) in [6, 6.07) is 6.52. The molecule has 6 nitrogen and oxygen atoms in total. The third-order valence-electron chi connectivity index (χ3n) is 4.17. The largest absolute Gasteiger partial charge is 0.325 e. The Balaban J connectivity index is 1.81. The van der Waals surface area contributed by atoms with Crippen molar-refractivity contribution in [3.8, 4) is 0 Å². The van der Waals surface area contributed by atoms with Crippen molar-refractivity contribution in [1.29, 1.82) is 0 Å². The molecule has 0 aliphatic carbocycles. The minimum Gasteiger partial charge on any atom is -0.325 e. The first kappa shape index (κ1) is 18.4. The fourth-order valence-electron chi connectivity index (χ4n) is 2.77. The Hall–Kier alpha value is -1.92. The maximum Gasteiger partial charge on any atom is 0.240 e. The highest BCUT2D eigenvalue weighted by atomic mass is 16.2. The number of hydrogen-bond donors (Lipinski definition) is 3. The molecule has 0 spiro atoms. The molecule has 132 valence electrons. The SMILES string of the molecule is C[C@@H](N)C(=O)Nc1ccc(NC(=O)CN2CCCCCCC2)cc1. The fraction of sp³-hybridized carbons (Fsp3) is 0.556. The summed E-state index contributed by atoms with van der Waals surface area (Å²) in [4.78, 5) is 26.0. The van der Waals surface area contributed by atoms with Gasteiger partial charge in [-0.3, -0.25) is 14.5 Å². The molecule has 2 amide bonds. The van der Waals surface area contributed by atoms with Crippen molar-refractivity contribution in [1.82, 2.24) is 4.90 Å². The summed E-state index contributed by atoms with van der Waals surface area (Å²) >= 11 is 0.